The van der Waals surface area contributed by atoms with Crippen LogP contribution in [0.3, 0.4) is 0 Å². The van der Waals surface area contributed by atoms with Crippen molar-refractivity contribution in [1.82, 2.24) is 0 Å². The summed E-state index contributed by atoms with van der Waals surface area (Å²) in [5.41, 5.74) is 2.17. The summed E-state index contributed by atoms with van der Waals surface area (Å²) in [7, 11) is 2.54. The summed E-state index contributed by atoms with van der Waals surface area (Å²) >= 11 is 0. The average molecular weight is 183 g/mol. The normalized spacial score (nSPS) is 9.92. The molecule has 66 valence electrons. The molecule has 0 saturated carbocycles. The van der Waals surface area contributed by atoms with E-state index < -0.39 is 0 Å². The molecular weight excluding hydrogens is 169 g/mol. The Morgan fingerprint density at radius 1 is 1.50 bits per heavy atom. The zero-order valence-corrected chi connectivity index (χ0v) is 8.54. The summed E-state index contributed by atoms with van der Waals surface area (Å²) in [5.74, 6) is 0.321. The van der Waals surface area contributed by atoms with Gasteiger partial charge in [-0.2, -0.15) is 0 Å². The minimum Gasteiger partial charge on any atom is -0.507 e. The monoisotopic (exact) mass is 183 g/mol. The lowest BCUT2D eigenvalue weighted by molar-refractivity contribution is 0.480. The fraction of sp³-hybridized carbons (Fsp3) is 0.333. The molecule has 0 aliphatic rings. The van der Waals surface area contributed by atoms with Gasteiger partial charge in [-0.05, 0) is 25.5 Å². The number of anilines is 1. The third-order valence-electron chi connectivity index (χ3n) is 1.78. The van der Waals surface area contributed by atoms with Gasteiger partial charge in [0.15, 0.2) is 0 Å². The molecule has 0 saturated heterocycles. The topological polar surface area (TPSA) is 32.3 Å². The quantitative estimate of drug-likeness (QED) is 0.683. The van der Waals surface area contributed by atoms with E-state index in [0.29, 0.717) is 5.75 Å². The summed E-state index contributed by atoms with van der Waals surface area (Å²) in [6.07, 6.45) is 0. The van der Waals surface area contributed by atoms with Crippen LogP contribution < -0.4 is 10.6 Å². The molecule has 0 bridgehead atoms. The molecule has 0 aromatic heterocycles. The van der Waals surface area contributed by atoms with Gasteiger partial charge in [0, 0.05) is 17.5 Å². The number of rotatable bonds is 2. The predicted molar refractivity (Wildman–Crippen MR) is 56.4 cm³/mol. The molecule has 1 unspecified atom stereocenters. The van der Waals surface area contributed by atoms with Crippen molar-refractivity contribution in [3.63, 3.8) is 0 Å². The Bertz CT molecular complexity index is 286. The van der Waals surface area contributed by atoms with Crippen molar-refractivity contribution in [3.05, 3.63) is 17.7 Å². The molecule has 0 radical (unpaired) electrons. The van der Waals surface area contributed by atoms with Crippen molar-refractivity contribution in [2.24, 2.45) is 0 Å². The highest BCUT2D eigenvalue weighted by molar-refractivity contribution is 7.28. The molecule has 3 heteroatoms. The molecule has 0 heterocycles. The van der Waals surface area contributed by atoms with E-state index >= 15 is 0 Å². The number of benzene rings is 1. The molecule has 0 spiro atoms. The van der Waals surface area contributed by atoms with Crippen LogP contribution in [0.2, 0.25) is 0 Å². The number of aromatic hydroxyl groups is 1. The second-order valence-corrected chi connectivity index (χ2v) is 3.30. The van der Waals surface area contributed by atoms with Crippen LogP contribution in [0.4, 0.5) is 5.69 Å². The van der Waals surface area contributed by atoms with Gasteiger partial charge >= 0.3 is 0 Å². The first-order valence-corrected chi connectivity index (χ1v) is 4.56. The van der Waals surface area contributed by atoms with Crippen molar-refractivity contribution < 1.29 is 5.11 Å². The van der Waals surface area contributed by atoms with E-state index in [4.69, 9.17) is 0 Å². The van der Waals surface area contributed by atoms with E-state index in [9.17, 15) is 5.11 Å². The van der Waals surface area contributed by atoms with E-state index in [1.807, 2.05) is 19.9 Å². The fourth-order valence-electron chi connectivity index (χ4n) is 1.13. The van der Waals surface area contributed by atoms with Crippen molar-refractivity contribution in [2.75, 3.05) is 11.9 Å². The molecule has 1 aromatic rings. The molecule has 12 heavy (non-hydrogen) atoms. The first kappa shape index (κ1) is 9.34. The highest BCUT2D eigenvalue weighted by Gasteiger charge is 2.04. The lowest BCUT2D eigenvalue weighted by Crippen LogP contribution is -2.08. The van der Waals surface area contributed by atoms with E-state index in [1.165, 1.54) is 0 Å². The lowest BCUT2D eigenvalue weighted by atomic mass is 10.2. The maximum absolute atomic E-state index is 9.39. The Kier molecular flexibility index (Phi) is 2.93. The van der Waals surface area contributed by atoms with Gasteiger partial charge in [0.05, 0.1) is 0 Å². The van der Waals surface area contributed by atoms with E-state index in [-0.39, 0.29) is 0 Å². The van der Waals surface area contributed by atoms with Crippen LogP contribution in [0.1, 0.15) is 12.5 Å². The number of aryl methyl sites for hydroxylation is 1. The van der Waals surface area contributed by atoms with Crippen LogP contribution in [0, 0.1) is 6.92 Å². The summed E-state index contributed by atoms with van der Waals surface area (Å²) in [5, 5.41) is 13.4. The van der Waals surface area contributed by atoms with Crippen molar-refractivity contribution in [2.45, 2.75) is 13.8 Å². The Hall–Kier alpha value is -0.750. The summed E-state index contributed by atoms with van der Waals surface area (Å²) in [4.78, 5) is 0. The van der Waals surface area contributed by atoms with Gasteiger partial charge in [0.2, 0.25) is 0 Å². The highest BCUT2D eigenvalue weighted by Crippen LogP contribution is 2.20. The second kappa shape index (κ2) is 3.77. The molecule has 1 rings (SSSR count). The number of phenolic OH excluding ortho intramolecular Hbond substituents is 1. The Balaban J connectivity index is 3.14. The Morgan fingerprint density at radius 3 is 2.75 bits per heavy atom. The number of hydrogen-bond donors (Lipinski definition) is 2. The summed E-state index contributed by atoms with van der Waals surface area (Å²) in [6.45, 7) is 4.92. The maximum Gasteiger partial charge on any atom is 0.124 e. The molecule has 0 fully saturated rings. The number of nitrogens with one attached hydrogen (secondary N) is 1. The van der Waals surface area contributed by atoms with Gasteiger partial charge < -0.3 is 10.4 Å². The SMILES string of the molecule is CCNc1c(C)ccc(O)c1P. The third-order valence-corrected chi connectivity index (χ3v) is 2.37. The van der Waals surface area contributed by atoms with Crippen LogP contribution in [0.15, 0.2) is 12.1 Å². The van der Waals surface area contributed by atoms with E-state index in [1.54, 1.807) is 6.07 Å². The Morgan fingerprint density at radius 2 is 2.17 bits per heavy atom. The molecule has 0 aliphatic carbocycles. The van der Waals surface area contributed by atoms with Gasteiger partial charge in [0.1, 0.15) is 5.75 Å². The molecule has 0 aliphatic heterocycles. The van der Waals surface area contributed by atoms with Crippen molar-refractivity contribution in [3.8, 4) is 5.75 Å². The smallest absolute Gasteiger partial charge is 0.124 e. The maximum atomic E-state index is 9.39. The first-order valence-electron chi connectivity index (χ1n) is 3.98. The molecule has 2 N–H and O–H groups in total. The van der Waals surface area contributed by atoms with E-state index in [0.717, 1.165) is 23.1 Å². The largest absolute Gasteiger partial charge is 0.507 e. The number of phenols is 1. The van der Waals surface area contributed by atoms with Crippen LogP contribution in [-0.2, 0) is 0 Å². The van der Waals surface area contributed by atoms with Crippen molar-refractivity contribution in [1.29, 1.82) is 0 Å². The molecular formula is C9H14NOP. The summed E-state index contributed by atoms with van der Waals surface area (Å²) in [6, 6.07) is 3.61. The van der Waals surface area contributed by atoms with Gasteiger partial charge in [-0.3, -0.25) is 0 Å². The molecule has 2 nitrogen and oxygen atoms in total. The molecule has 1 atom stereocenters. The first-order chi connectivity index (χ1) is 5.66. The van der Waals surface area contributed by atoms with Crippen LogP contribution in [-0.4, -0.2) is 11.7 Å². The zero-order valence-electron chi connectivity index (χ0n) is 7.39. The number of hydrogen-bond acceptors (Lipinski definition) is 2. The predicted octanol–water partition coefficient (Wildman–Crippen LogP) is 1.63. The van der Waals surface area contributed by atoms with Gasteiger partial charge in [-0.15, -0.1) is 0 Å². The summed E-state index contributed by atoms with van der Waals surface area (Å²) < 4.78 is 0. The van der Waals surface area contributed by atoms with Gasteiger partial charge in [0.25, 0.3) is 0 Å². The van der Waals surface area contributed by atoms with Crippen LogP contribution in [0.5, 0.6) is 5.75 Å². The van der Waals surface area contributed by atoms with Gasteiger partial charge in [-0.1, -0.05) is 15.3 Å². The van der Waals surface area contributed by atoms with Crippen LogP contribution in [0.25, 0.3) is 0 Å². The van der Waals surface area contributed by atoms with Crippen LogP contribution >= 0.6 is 9.24 Å². The fourth-order valence-corrected chi connectivity index (χ4v) is 1.55. The minimum atomic E-state index is 0.321. The standard InChI is InChI=1S/C9H14NOP/c1-3-10-8-6(2)4-5-7(11)9(8)12/h4-5,10-11H,3,12H2,1-2H3. The van der Waals surface area contributed by atoms with Crippen molar-refractivity contribution >= 4 is 20.2 Å². The molecule has 1 aromatic carbocycles. The molecule has 0 amide bonds. The highest BCUT2D eigenvalue weighted by atomic mass is 31.0. The lowest BCUT2D eigenvalue weighted by Gasteiger charge is -2.11. The third kappa shape index (κ3) is 1.70. The Labute approximate surface area is 75.2 Å². The second-order valence-electron chi connectivity index (χ2n) is 2.72. The minimum absolute atomic E-state index is 0.321. The average Bonchev–Trinajstić information content (AvgIpc) is 2.06. The van der Waals surface area contributed by atoms with Gasteiger partial charge in [-0.25, -0.2) is 0 Å². The van der Waals surface area contributed by atoms with E-state index in [2.05, 4.69) is 14.6 Å². The zero-order chi connectivity index (χ0) is 9.14.